The lowest BCUT2D eigenvalue weighted by atomic mass is 9.91. The number of hydrogen-bond donors (Lipinski definition) is 1. The fraction of sp³-hybridized carbons (Fsp3) is 0.333. The van der Waals surface area contributed by atoms with Gasteiger partial charge in [-0.1, -0.05) is 18.2 Å². The van der Waals surface area contributed by atoms with Crippen LogP contribution in [-0.4, -0.2) is 17.7 Å². The van der Waals surface area contributed by atoms with Gasteiger partial charge in [0, 0.05) is 18.3 Å². The van der Waals surface area contributed by atoms with Crippen LogP contribution in [0.3, 0.4) is 0 Å². The summed E-state index contributed by atoms with van der Waals surface area (Å²) in [7, 11) is 0. The molecule has 0 aliphatic heterocycles. The number of benzene rings is 1. The van der Waals surface area contributed by atoms with E-state index in [1.165, 1.54) is 18.2 Å². The molecule has 2 aromatic rings. The van der Waals surface area contributed by atoms with Crippen molar-refractivity contribution in [1.82, 2.24) is 10.3 Å². The van der Waals surface area contributed by atoms with Crippen molar-refractivity contribution in [2.24, 2.45) is 0 Å². The number of nitriles is 1. The molecule has 0 bridgehead atoms. The monoisotopic (exact) mass is 427 g/mol. The first-order valence-electron chi connectivity index (χ1n) is 8.99. The third-order valence-electron chi connectivity index (χ3n) is 4.61. The van der Waals surface area contributed by atoms with E-state index in [0.29, 0.717) is 17.7 Å². The van der Waals surface area contributed by atoms with Crippen molar-refractivity contribution in [3.63, 3.8) is 0 Å². The Kier molecular flexibility index (Phi) is 6.80. The molecule has 30 heavy (non-hydrogen) atoms. The Morgan fingerprint density at radius 3 is 2.23 bits per heavy atom. The molecule has 0 saturated heterocycles. The van der Waals surface area contributed by atoms with Crippen molar-refractivity contribution in [3.8, 4) is 17.2 Å². The van der Waals surface area contributed by atoms with Gasteiger partial charge in [0.1, 0.15) is 17.5 Å². The number of rotatable bonds is 5. The van der Waals surface area contributed by atoms with Crippen molar-refractivity contribution in [1.29, 1.82) is 5.26 Å². The van der Waals surface area contributed by atoms with E-state index in [-0.39, 0.29) is 22.4 Å². The largest absolute Gasteiger partial charge is 0.433 e. The lowest BCUT2D eigenvalue weighted by molar-refractivity contribution is -0.146. The highest BCUT2D eigenvalue weighted by atomic mass is 19.4. The molecule has 1 aromatic carbocycles. The lowest BCUT2D eigenvalue weighted by Gasteiger charge is -2.19. The van der Waals surface area contributed by atoms with Crippen LogP contribution in [0.1, 0.15) is 43.5 Å². The quantitative estimate of drug-likeness (QED) is 0.450. The molecule has 3 nitrogen and oxygen atoms in total. The van der Waals surface area contributed by atoms with Crippen molar-refractivity contribution in [2.75, 3.05) is 6.54 Å². The van der Waals surface area contributed by atoms with Gasteiger partial charge in [-0.2, -0.15) is 31.6 Å². The molecule has 2 rings (SSSR count). The van der Waals surface area contributed by atoms with Crippen LogP contribution >= 0.6 is 0 Å². The van der Waals surface area contributed by atoms with Crippen LogP contribution in [0.4, 0.5) is 26.3 Å². The molecule has 0 radical (unpaired) electrons. The second-order valence-corrected chi connectivity index (χ2v) is 6.68. The first kappa shape index (κ1) is 23.3. The Balaban J connectivity index is 2.67. The van der Waals surface area contributed by atoms with E-state index in [1.54, 1.807) is 13.8 Å². The lowest BCUT2D eigenvalue weighted by Crippen LogP contribution is -2.18. The molecule has 1 unspecified atom stereocenters. The molecule has 1 N–H and O–H groups in total. The van der Waals surface area contributed by atoms with Gasteiger partial charge in [-0.25, -0.2) is 0 Å². The number of alkyl halides is 6. The summed E-state index contributed by atoms with van der Waals surface area (Å²) in [5.74, 6) is -1.81. The first-order valence-corrected chi connectivity index (χ1v) is 8.99. The predicted octanol–water partition coefficient (Wildman–Crippen LogP) is 6.30. The van der Waals surface area contributed by atoms with Crippen molar-refractivity contribution in [3.05, 3.63) is 59.0 Å². The SMILES string of the molecule is CCN/C(C#N)=C(\C)c1cc(-c2ccc(C(F)(F)F)nc2)cc(C(C)C(F)(F)F)c1. The molecule has 0 fully saturated rings. The third-order valence-corrected chi connectivity index (χ3v) is 4.61. The number of halogens is 6. The maximum absolute atomic E-state index is 13.3. The standard InChI is InChI=1S/C21H19F6N3/c1-4-29-18(10-28)12(2)15-7-16(13(3)20(22,23)24)9-17(8-15)14-5-6-19(30-11-14)21(25,26)27/h5-9,11,13,29H,4H2,1-3H3/b18-12+. The molecule has 0 spiro atoms. The van der Waals surface area contributed by atoms with E-state index in [2.05, 4.69) is 10.3 Å². The van der Waals surface area contributed by atoms with Gasteiger partial charge in [-0.05, 0) is 55.2 Å². The Labute approximate surface area is 170 Å². The summed E-state index contributed by atoms with van der Waals surface area (Å²) in [6.07, 6.45) is -8.16. The summed E-state index contributed by atoms with van der Waals surface area (Å²) in [6.45, 7) is 4.80. The van der Waals surface area contributed by atoms with Crippen LogP contribution in [0.25, 0.3) is 16.7 Å². The van der Waals surface area contributed by atoms with Crippen LogP contribution in [0.5, 0.6) is 0 Å². The van der Waals surface area contributed by atoms with E-state index < -0.39 is 24.0 Å². The average Bonchev–Trinajstić information content (AvgIpc) is 2.69. The van der Waals surface area contributed by atoms with Crippen LogP contribution in [0.2, 0.25) is 0 Å². The molecule has 9 heteroatoms. The fourth-order valence-corrected chi connectivity index (χ4v) is 2.78. The van der Waals surface area contributed by atoms with E-state index in [9.17, 15) is 31.6 Å². The number of nitrogens with zero attached hydrogens (tertiary/aromatic N) is 2. The van der Waals surface area contributed by atoms with E-state index in [0.717, 1.165) is 25.3 Å². The van der Waals surface area contributed by atoms with Crippen LogP contribution < -0.4 is 5.32 Å². The Morgan fingerprint density at radius 1 is 1.10 bits per heavy atom. The smallest absolute Gasteiger partial charge is 0.377 e. The number of pyridine rings is 1. The maximum Gasteiger partial charge on any atom is 0.433 e. The van der Waals surface area contributed by atoms with Gasteiger partial charge in [-0.15, -0.1) is 0 Å². The van der Waals surface area contributed by atoms with Gasteiger partial charge < -0.3 is 5.32 Å². The number of allylic oxidation sites excluding steroid dienone is 2. The summed E-state index contributed by atoms with van der Waals surface area (Å²) in [5, 5.41) is 12.2. The minimum atomic E-state index is -4.62. The molecule has 0 aliphatic rings. The maximum atomic E-state index is 13.3. The highest BCUT2D eigenvalue weighted by molar-refractivity contribution is 5.75. The summed E-state index contributed by atoms with van der Waals surface area (Å²) < 4.78 is 78.2. The van der Waals surface area contributed by atoms with E-state index >= 15 is 0 Å². The highest BCUT2D eigenvalue weighted by Crippen LogP contribution is 2.38. The molecule has 0 saturated carbocycles. The minimum Gasteiger partial charge on any atom is -0.377 e. The predicted molar refractivity (Wildman–Crippen MR) is 101 cm³/mol. The zero-order chi connectivity index (χ0) is 22.7. The number of nitrogens with one attached hydrogen (secondary N) is 1. The van der Waals surface area contributed by atoms with E-state index in [1.807, 2.05) is 6.07 Å². The van der Waals surface area contributed by atoms with Gasteiger partial charge >= 0.3 is 12.4 Å². The molecule has 160 valence electrons. The minimum absolute atomic E-state index is 0.0666. The molecule has 1 aromatic heterocycles. The van der Waals surface area contributed by atoms with Crippen molar-refractivity contribution >= 4 is 5.57 Å². The Bertz CT molecular complexity index is 966. The third kappa shape index (κ3) is 5.32. The number of aromatic nitrogens is 1. The van der Waals surface area contributed by atoms with Gasteiger partial charge in [-0.3, -0.25) is 4.98 Å². The van der Waals surface area contributed by atoms with Gasteiger partial charge in [0.05, 0.1) is 5.92 Å². The second kappa shape index (κ2) is 8.78. The van der Waals surface area contributed by atoms with Gasteiger partial charge in [0.25, 0.3) is 0 Å². The topological polar surface area (TPSA) is 48.7 Å². The normalized spacial score (nSPS) is 14.0. The summed E-state index contributed by atoms with van der Waals surface area (Å²) in [5.41, 5.74) is 0.325. The average molecular weight is 427 g/mol. The van der Waals surface area contributed by atoms with E-state index in [4.69, 9.17) is 0 Å². The summed E-state index contributed by atoms with van der Waals surface area (Å²) in [4.78, 5) is 3.38. The molecule has 1 atom stereocenters. The zero-order valence-electron chi connectivity index (χ0n) is 16.4. The number of hydrogen-bond acceptors (Lipinski definition) is 3. The van der Waals surface area contributed by atoms with Gasteiger partial charge in [0.2, 0.25) is 0 Å². The van der Waals surface area contributed by atoms with Crippen LogP contribution in [0.15, 0.2) is 42.2 Å². The van der Waals surface area contributed by atoms with Gasteiger partial charge in [0.15, 0.2) is 0 Å². The molecular formula is C21H19F6N3. The zero-order valence-corrected chi connectivity index (χ0v) is 16.4. The van der Waals surface area contributed by atoms with Crippen LogP contribution in [0, 0.1) is 11.3 Å². The van der Waals surface area contributed by atoms with Crippen molar-refractivity contribution < 1.29 is 26.3 Å². The molecule has 1 heterocycles. The fourth-order valence-electron chi connectivity index (χ4n) is 2.78. The molecule has 0 amide bonds. The Hall–Kier alpha value is -3.02. The van der Waals surface area contributed by atoms with Crippen molar-refractivity contribution in [2.45, 2.75) is 39.0 Å². The second-order valence-electron chi connectivity index (χ2n) is 6.68. The van der Waals surface area contributed by atoms with Crippen LogP contribution in [-0.2, 0) is 6.18 Å². The summed E-state index contributed by atoms with van der Waals surface area (Å²) in [6, 6.07) is 8.05. The summed E-state index contributed by atoms with van der Waals surface area (Å²) >= 11 is 0. The molecule has 0 aliphatic carbocycles. The highest BCUT2D eigenvalue weighted by Gasteiger charge is 2.37. The Morgan fingerprint density at radius 2 is 1.77 bits per heavy atom. The first-order chi connectivity index (χ1) is 13.9. The molecular weight excluding hydrogens is 408 g/mol.